The minimum Gasteiger partial charge on any atom is -0.469 e. The second kappa shape index (κ2) is 5.97. The fourth-order valence-electron chi connectivity index (χ4n) is 0.905. The summed E-state index contributed by atoms with van der Waals surface area (Å²) in [5.74, 6) is -1.48. The number of carbonyl (C=O) groups excluding carboxylic acids is 2. The summed E-state index contributed by atoms with van der Waals surface area (Å²) in [6.45, 7) is 0. The minimum atomic E-state index is -4.40. The average molecular weight is 240 g/mol. The molecule has 0 amide bonds. The Bertz CT molecular complexity index is 281. The van der Waals surface area contributed by atoms with Crippen LogP contribution in [0, 0.1) is 0 Å². The second-order valence-corrected chi connectivity index (χ2v) is 4.65. The number of ether oxygens (including phenoxy) is 1. The quantitative estimate of drug-likeness (QED) is 0.404. The Labute approximate surface area is 86.2 Å². The Hall–Kier alpha value is -0.750. The van der Waals surface area contributed by atoms with Crippen LogP contribution >= 0.6 is 7.60 Å². The molecule has 8 heteroatoms. The fraction of sp³-hybridized carbons (Fsp3) is 0.714. The predicted octanol–water partition coefficient (Wildman–Crippen LogP) is -0.953. The molecule has 0 aliphatic rings. The van der Waals surface area contributed by atoms with E-state index in [0.29, 0.717) is 0 Å². The highest BCUT2D eigenvalue weighted by atomic mass is 31.2. The van der Waals surface area contributed by atoms with E-state index in [4.69, 9.17) is 14.9 Å². The smallest absolute Gasteiger partial charge is 0.332 e. The van der Waals surface area contributed by atoms with E-state index in [2.05, 4.69) is 4.74 Å². The maximum absolute atomic E-state index is 10.9. The summed E-state index contributed by atoms with van der Waals surface area (Å²) in [4.78, 5) is 38.5. The maximum Gasteiger partial charge on any atom is 0.332 e. The molecular formula is C7H13O7P. The molecule has 0 radical (unpaired) electrons. The summed E-state index contributed by atoms with van der Waals surface area (Å²) in [5.41, 5.74) is 0. The van der Waals surface area contributed by atoms with E-state index in [1.807, 2.05) is 0 Å². The van der Waals surface area contributed by atoms with Crippen LogP contribution in [-0.2, 0) is 18.9 Å². The highest BCUT2D eigenvalue weighted by molar-refractivity contribution is 7.52. The molecule has 1 unspecified atom stereocenters. The molecule has 3 N–H and O–H groups in total. The summed E-state index contributed by atoms with van der Waals surface area (Å²) >= 11 is 0. The molecule has 0 spiro atoms. The summed E-state index contributed by atoms with van der Waals surface area (Å²) in [7, 11) is -3.26. The second-order valence-electron chi connectivity index (χ2n) is 3.00. The number of esters is 1. The van der Waals surface area contributed by atoms with Crippen molar-refractivity contribution < 1.29 is 33.8 Å². The normalized spacial score (nSPS) is 13.3. The van der Waals surface area contributed by atoms with Crippen LogP contribution in [0.4, 0.5) is 0 Å². The van der Waals surface area contributed by atoms with Crippen LogP contribution < -0.4 is 0 Å². The lowest BCUT2D eigenvalue weighted by Gasteiger charge is -2.08. The van der Waals surface area contributed by atoms with Gasteiger partial charge in [-0.3, -0.25) is 14.2 Å². The third-order valence-electron chi connectivity index (χ3n) is 1.48. The average Bonchev–Trinajstić information content (AvgIpc) is 1.99. The number of carbonyl (C=O) groups is 2. The highest BCUT2D eigenvalue weighted by Gasteiger charge is 2.22. The van der Waals surface area contributed by atoms with Gasteiger partial charge in [-0.2, -0.15) is 0 Å². The van der Waals surface area contributed by atoms with Crippen molar-refractivity contribution in [3.8, 4) is 0 Å². The predicted molar refractivity (Wildman–Crippen MR) is 49.2 cm³/mol. The van der Waals surface area contributed by atoms with E-state index in [1.165, 1.54) is 0 Å². The lowest BCUT2D eigenvalue weighted by Crippen LogP contribution is -2.20. The van der Waals surface area contributed by atoms with Crippen molar-refractivity contribution in [1.29, 1.82) is 0 Å². The maximum atomic E-state index is 10.9. The number of aliphatic hydroxyl groups is 1. The van der Waals surface area contributed by atoms with E-state index < -0.39 is 38.0 Å². The van der Waals surface area contributed by atoms with Crippen LogP contribution in [0.3, 0.4) is 0 Å². The molecule has 0 aromatic heterocycles. The molecular weight excluding hydrogens is 227 g/mol. The highest BCUT2D eigenvalue weighted by Crippen LogP contribution is 2.34. The van der Waals surface area contributed by atoms with E-state index in [0.717, 1.165) is 7.11 Å². The zero-order chi connectivity index (χ0) is 12.1. The van der Waals surface area contributed by atoms with Gasteiger partial charge in [0, 0.05) is 6.42 Å². The van der Waals surface area contributed by atoms with Gasteiger partial charge in [-0.05, 0) is 0 Å². The first-order chi connectivity index (χ1) is 6.74. The number of methoxy groups -OCH3 is 1. The topological polar surface area (TPSA) is 121 Å². The third kappa shape index (κ3) is 8.26. The van der Waals surface area contributed by atoms with Crippen LogP contribution in [-0.4, -0.2) is 46.0 Å². The fourth-order valence-corrected chi connectivity index (χ4v) is 1.49. The largest absolute Gasteiger partial charge is 0.469 e. The monoisotopic (exact) mass is 240 g/mol. The minimum absolute atomic E-state index is 0.372. The molecule has 15 heavy (non-hydrogen) atoms. The number of hydrogen-bond donors (Lipinski definition) is 3. The van der Waals surface area contributed by atoms with Crippen LogP contribution in [0.25, 0.3) is 0 Å². The van der Waals surface area contributed by atoms with Gasteiger partial charge in [-0.15, -0.1) is 0 Å². The van der Waals surface area contributed by atoms with Gasteiger partial charge in [0.2, 0.25) is 0 Å². The Kier molecular flexibility index (Phi) is 5.67. The van der Waals surface area contributed by atoms with Gasteiger partial charge in [0.1, 0.15) is 11.9 Å². The Morgan fingerprint density at radius 2 is 1.87 bits per heavy atom. The first kappa shape index (κ1) is 14.2. The molecule has 1 atom stereocenters. The van der Waals surface area contributed by atoms with E-state index in [9.17, 15) is 14.2 Å². The van der Waals surface area contributed by atoms with Gasteiger partial charge >= 0.3 is 13.6 Å². The van der Waals surface area contributed by atoms with Crippen LogP contribution in [0.2, 0.25) is 0 Å². The van der Waals surface area contributed by atoms with Crippen molar-refractivity contribution in [2.24, 2.45) is 0 Å². The molecule has 0 rings (SSSR count). The molecule has 0 aromatic carbocycles. The Morgan fingerprint density at radius 3 is 2.27 bits per heavy atom. The molecule has 0 aliphatic heterocycles. The van der Waals surface area contributed by atoms with Gasteiger partial charge in [-0.25, -0.2) is 0 Å². The molecule has 88 valence electrons. The Balaban J connectivity index is 3.97. The molecule has 0 aliphatic carbocycles. The van der Waals surface area contributed by atoms with Crippen LogP contribution in [0.5, 0.6) is 0 Å². The molecule has 0 saturated heterocycles. The molecule has 0 fully saturated rings. The zero-order valence-corrected chi connectivity index (χ0v) is 9.01. The lowest BCUT2D eigenvalue weighted by molar-refractivity contribution is -0.143. The van der Waals surface area contributed by atoms with Crippen molar-refractivity contribution in [2.45, 2.75) is 18.9 Å². The summed E-state index contributed by atoms with van der Waals surface area (Å²) in [5, 5.41) is 9.14. The lowest BCUT2D eigenvalue weighted by atomic mass is 10.1. The van der Waals surface area contributed by atoms with Crippen LogP contribution in [0.1, 0.15) is 12.8 Å². The van der Waals surface area contributed by atoms with Crippen molar-refractivity contribution in [2.75, 3.05) is 13.3 Å². The molecule has 0 saturated carbocycles. The van der Waals surface area contributed by atoms with Crippen molar-refractivity contribution in [1.82, 2.24) is 0 Å². The molecule has 7 nitrogen and oxygen atoms in total. The first-order valence-electron chi connectivity index (χ1n) is 4.05. The van der Waals surface area contributed by atoms with E-state index in [1.54, 1.807) is 0 Å². The standard InChI is InChI=1S/C7H13O7P/c1-14-7(10)3-5(8)2-6(9)4-15(11,12)13/h5,8H,2-4H2,1H3,(H2,11,12,13). The van der Waals surface area contributed by atoms with Crippen LogP contribution in [0.15, 0.2) is 0 Å². The van der Waals surface area contributed by atoms with Crippen molar-refractivity contribution >= 4 is 19.3 Å². The molecule has 0 aromatic rings. The van der Waals surface area contributed by atoms with Gasteiger partial charge in [-0.1, -0.05) is 0 Å². The Morgan fingerprint density at radius 1 is 1.33 bits per heavy atom. The SMILES string of the molecule is COC(=O)CC(O)CC(=O)CP(=O)(O)O. The van der Waals surface area contributed by atoms with Crippen molar-refractivity contribution in [3.63, 3.8) is 0 Å². The van der Waals surface area contributed by atoms with E-state index >= 15 is 0 Å². The number of hydrogen-bond acceptors (Lipinski definition) is 5. The van der Waals surface area contributed by atoms with Crippen molar-refractivity contribution in [3.05, 3.63) is 0 Å². The number of rotatable bonds is 6. The van der Waals surface area contributed by atoms with Gasteiger partial charge in [0.15, 0.2) is 0 Å². The van der Waals surface area contributed by atoms with Gasteiger partial charge in [0.25, 0.3) is 0 Å². The van der Waals surface area contributed by atoms with E-state index in [-0.39, 0.29) is 6.42 Å². The number of ketones is 1. The molecule has 0 heterocycles. The van der Waals surface area contributed by atoms with Gasteiger partial charge < -0.3 is 19.6 Å². The first-order valence-corrected chi connectivity index (χ1v) is 5.85. The molecule has 0 bridgehead atoms. The number of Topliss-reactive ketones (excluding diaryl/α,β-unsaturated/α-hetero) is 1. The third-order valence-corrected chi connectivity index (χ3v) is 2.24. The summed E-state index contributed by atoms with van der Waals surface area (Å²) < 4.78 is 14.6. The summed E-state index contributed by atoms with van der Waals surface area (Å²) in [6, 6.07) is 0. The zero-order valence-electron chi connectivity index (χ0n) is 8.12. The summed E-state index contributed by atoms with van der Waals surface area (Å²) in [6.07, 6.45) is -3.04. The van der Waals surface area contributed by atoms with Gasteiger partial charge in [0.05, 0.1) is 19.6 Å². The number of aliphatic hydroxyl groups excluding tert-OH is 1.